The number of fused-ring (bicyclic) bond motifs is 1. The molecule has 1 amide bonds. The van der Waals surface area contributed by atoms with Crippen LogP contribution in [0.4, 0.5) is 9.18 Å². The molecule has 0 radical (unpaired) electrons. The highest BCUT2D eigenvalue weighted by atomic mass is 19.1. The molecule has 1 atom stereocenters. The lowest BCUT2D eigenvalue weighted by atomic mass is 9.91. The molecule has 0 aliphatic carbocycles. The van der Waals surface area contributed by atoms with Gasteiger partial charge in [-0.25, -0.2) is 19.2 Å². The Balaban J connectivity index is 1.78. The number of halogens is 1. The zero-order chi connectivity index (χ0) is 24.4. The lowest BCUT2D eigenvalue weighted by Crippen LogP contribution is -2.52. The predicted molar refractivity (Wildman–Crippen MR) is 127 cm³/mol. The summed E-state index contributed by atoms with van der Waals surface area (Å²) in [4.78, 5) is 21.0. The van der Waals surface area contributed by atoms with E-state index in [1.165, 1.54) is 12.4 Å². The molecule has 8 heteroatoms. The number of nitrogens with one attached hydrogen (secondary N) is 1. The van der Waals surface area contributed by atoms with Gasteiger partial charge < -0.3 is 19.4 Å². The van der Waals surface area contributed by atoms with Gasteiger partial charge in [-0.15, -0.1) is 0 Å². The molecule has 2 heterocycles. The molecule has 0 fully saturated rings. The smallest absolute Gasteiger partial charge is 0.408 e. The van der Waals surface area contributed by atoms with Crippen LogP contribution in [0.2, 0.25) is 0 Å². The molecule has 0 saturated heterocycles. The van der Waals surface area contributed by atoms with Gasteiger partial charge in [0, 0.05) is 24.2 Å². The minimum Gasteiger partial charge on any atom is -0.488 e. The molecule has 33 heavy (non-hydrogen) atoms. The van der Waals surface area contributed by atoms with Crippen LogP contribution in [0, 0.1) is 11.7 Å². The van der Waals surface area contributed by atoms with Crippen molar-refractivity contribution in [2.45, 2.75) is 59.1 Å². The number of aromatic nitrogens is 3. The maximum Gasteiger partial charge on any atom is 0.408 e. The molecule has 2 aromatic heterocycles. The van der Waals surface area contributed by atoms with Crippen LogP contribution in [0.1, 0.15) is 48.0 Å². The Morgan fingerprint density at radius 2 is 1.91 bits per heavy atom. The van der Waals surface area contributed by atoms with Crippen molar-refractivity contribution in [1.82, 2.24) is 19.9 Å². The van der Waals surface area contributed by atoms with Gasteiger partial charge in [-0.1, -0.05) is 13.8 Å². The average Bonchev–Trinajstić information content (AvgIpc) is 3.06. The molecule has 7 nitrogen and oxygen atoms in total. The molecule has 0 bridgehead atoms. The van der Waals surface area contributed by atoms with E-state index < -0.39 is 23.1 Å². The van der Waals surface area contributed by atoms with Gasteiger partial charge in [-0.2, -0.15) is 0 Å². The van der Waals surface area contributed by atoms with E-state index in [1.807, 2.05) is 30.8 Å². The molecule has 0 saturated carbocycles. The van der Waals surface area contributed by atoms with Crippen molar-refractivity contribution >= 4 is 17.1 Å². The van der Waals surface area contributed by atoms with Gasteiger partial charge >= 0.3 is 6.09 Å². The predicted octanol–water partition coefficient (Wildman–Crippen LogP) is 5.48. The first-order valence-electron chi connectivity index (χ1n) is 11.1. The number of hydrogen-bond acceptors (Lipinski definition) is 5. The second-order valence-electron chi connectivity index (χ2n) is 10.1. The summed E-state index contributed by atoms with van der Waals surface area (Å²) in [5, 5.41) is 3.75. The number of aryl methyl sites for hydroxylation is 1. The summed E-state index contributed by atoms with van der Waals surface area (Å²) in [7, 11) is 1.90. The second-order valence-corrected chi connectivity index (χ2v) is 10.1. The molecule has 0 unspecified atom stereocenters. The van der Waals surface area contributed by atoms with Crippen LogP contribution in [0.25, 0.3) is 22.3 Å². The molecule has 3 rings (SSSR count). The Kier molecular flexibility index (Phi) is 6.95. The van der Waals surface area contributed by atoms with Crippen molar-refractivity contribution in [1.29, 1.82) is 0 Å². The zero-order valence-electron chi connectivity index (χ0n) is 20.4. The first-order valence-corrected chi connectivity index (χ1v) is 11.1. The van der Waals surface area contributed by atoms with Crippen LogP contribution in [-0.2, 0) is 11.8 Å². The molecule has 1 aromatic carbocycles. The Morgan fingerprint density at radius 1 is 1.18 bits per heavy atom. The van der Waals surface area contributed by atoms with E-state index >= 15 is 0 Å². The highest BCUT2D eigenvalue weighted by Gasteiger charge is 2.31. The van der Waals surface area contributed by atoms with E-state index in [0.717, 1.165) is 11.0 Å². The van der Waals surface area contributed by atoms with Crippen LogP contribution in [0.15, 0.2) is 36.8 Å². The molecule has 0 aliphatic heterocycles. The second kappa shape index (κ2) is 9.37. The number of ether oxygens (including phenoxy) is 2. The Hall–Kier alpha value is -3.16. The molecule has 0 aliphatic rings. The Labute approximate surface area is 194 Å². The van der Waals surface area contributed by atoms with Gasteiger partial charge in [0.25, 0.3) is 0 Å². The van der Waals surface area contributed by atoms with Crippen LogP contribution >= 0.6 is 0 Å². The van der Waals surface area contributed by atoms with Crippen molar-refractivity contribution in [3.8, 4) is 17.0 Å². The van der Waals surface area contributed by atoms with E-state index in [1.54, 1.807) is 32.9 Å². The van der Waals surface area contributed by atoms with E-state index in [0.29, 0.717) is 17.7 Å². The van der Waals surface area contributed by atoms with E-state index in [4.69, 9.17) is 9.47 Å². The fourth-order valence-electron chi connectivity index (χ4n) is 3.91. The topological polar surface area (TPSA) is 78.3 Å². The van der Waals surface area contributed by atoms with Crippen LogP contribution in [0.5, 0.6) is 5.75 Å². The van der Waals surface area contributed by atoms with Gasteiger partial charge in [0.15, 0.2) is 11.6 Å². The van der Waals surface area contributed by atoms with Gasteiger partial charge in [0.1, 0.15) is 24.2 Å². The number of rotatable bonds is 7. The fourth-order valence-corrected chi connectivity index (χ4v) is 3.91. The van der Waals surface area contributed by atoms with Gasteiger partial charge in [0.2, 0.25) is 0 Å². The SMILES string of the molecule is CC(C)C[C@@](C)(COc1ccc(-c2ncnc3c2ccn3C)cc1F)NC(=O)OC(C)(C)C. The summed E-state index contributed by atoms with van der Waals surface area (Å²) in [6.07, 6.45) is 3.48. The highest BCUT2D eigenvalue weighted by molar-refractivity contribution is 5.90. The molecular weight excluding hydrogens is 423 g/mol. The average molecular weight is 457 g/mol. The molecule has 1 N–H and O–H groups in total. The molecule has 0 spiro atoms. The number of hydrogen-bond donors (Lipinski definition) is 1. The maximum absolute atomic E-state index is 15.0. The minimum absolute atomic E-state index is 0.0944. The molecule has 178 valence electrons. The Morgan fingerprint density at radius 3 is 2.55 bits per heavy atom. The number of carbonyl (C=O) groups is 1. The highest BCUT2D eigenvalue weighted by Crippen LogP contribution is 2.30. The lowest BCUT2D eigenvalue weighted by Gasteiger charge is -2.33. The van der Waals surface area contributed by atoms with Crippen molar-refractivity contribution in [3.63, 3.8) is 0 Å². The standard InChI is InChI=1S/C25H33FN4O3/c1-16(2)13-25(6,29-23(31)33-24(3,4)5)14-32-20-9-8-17(12-19(20)26)21-18-10-11-30(7)22(18)28-15-27-21/h8-12,15-16H,13-14H2,1-7H3,(H,29,31)/t25-/m0/s1. The van der Waals surface area contributed by atoms with Crippen LogP contribution < -0.4 is 10.1 Å². The zero-order valence-corrected chi connectivity index (χ0v) is 20.4. The number of nitrogens with zero attached hydrogens (tertiary/aromatic N) is 3. The van der Waals surface area contributed by atoms with Crippen molar-refractivity contribution in [2.24, 2.45) is 13.0 Å². The van der Waals surface area contributed by atoms with E-state index in [2.05, 4.69) is 29.1 Å². The summed E-state index contributed by atoms with van der Waals surface area (Å²) < 4.78 is 28.1. The van der Waals surface area contributed by atoms with Gasteiger partial charge in [0.05, 0.1) is 11.2 Å². The summed E-state index contributed by atoms with van der Waals surface area (Å²) in [5.41, 5.74) is 0.720. The number of alkyl carbamates (subject to hydrolysis) is 1. The largest absolute Gasteiger partial charge is 0.488 e. The van der Waals surface area contributed by atoms with Crippen molar-refractivity contribution < 1.29 is 18.7 Å². The van der Waals surface area contributed by atoms with Crippen molar-refractivity contribution in [3.05, 3.63) is 42.6 Å². The van der Waals surface area contributed by atoms with Crippen LogP contribution in [-0.4, -0.2) is 38.4 Å². The monoisotopic (exact) mass is 456 g/mol. The Bertz CT molecular complexity index is 1140. The normalized spacial score (nSPS) is 13.7. The van der Waals surface area contributed by atoms with Gasteiger partial charge in [-0.3, -0.25) is 0 Å². The number of carbonyl (C=O) groups excluding carboxylic acids is 1. The summed E-state index contributed by atoms with van der Waals surface area (Å²) in [5.74, 6) is -0.107. The summed E-state index contributed by atoms with van der Waals surface area (Å²) in [6.45, 7) is 11.5. The number of benzene rings is 1. The first kappa shape index (κ1) is 24.5. The maximum atomic E-state index is 15.0. The molecule has 3 aromatic rings. The van der Waals surface area contributed by atoms with Crippen molar-refractivity contribution in [2.75, 3.05) is 6.61 Å². The third-order valence-electron chi connectivity index (χ3n) is 5.07. The fraction of sp³-hybridized carbons (Fsp3) is 0.480. The summed E-state index contributed by atoms with van der Waals surface area (Å²) >= 11 is 0. The number of amides is 1. The lowest BCUT2D eigenvalue weighted by molar-refractivity contribution is 0.0406. The van der Waals surface area contributed by atoms with E-state index in [-0.39, 0.29) is 18.3 Å². The summed E-state index contributed by atoms with van der Waals surface area (Å²) in [6, 6.07) is 6.68. The third-order valence-corrected chi connectivity index (χ3v) is 5.07. The van der Waals surface area contributed by atoms with E-state index in [9.17, 15) is 9.18 Å². The van der Waals surface area contributed by atoms with Gasteiger partial charge in [-0.05, 0) is 64.3 Å². The molecular formula is C25H33FN4O3. The first-order chi connectivity index (χ1) is 15.4. The third kappa shape index (κ3) is 6.21. The minimum atomic E-state index is -0.732. The quantitative estimate of drug-likeness (QED) is 0.509. The van der Waals surface area contributed by atoms with Crippen LogP contribution in [0.3, 0.4) is 0 Å².